The normalized spacial score (nSPS) is 23.4. The Bertz CT molecular complexity index is 367. The quantitative estimate of drug-likeness (QED) is 0.866. The summed E-state index contributed by atoms with van der Waals surface area (Å²) in [5.41, 5.74) is 2.37. The Balaban J connectivity index is 1.96. The van der Waals surface area contributed by atoms with Crippen molar-refractivity contribution in [1.82, 2.24) is 4.98 Å². The van der Waals surface area contributed by atoms with E-state index in [0.717, 1.165) is 17.5 Å². The van der Waals surface area contributed by atoms with Crippen molar-refractivity contribution in [3.63, 3.8) is 0 Å². The predicted octanol–water partition coefficient (Wildman–Crippen LogP) is 2.99. The second-order valence-electron chi connectivity index (χ2n) is 5.60. The molecule has 1 aromatic rings. The lowest BCUT2D eigenvalue weighted by Crippen LogP contribution is -2.38. The third kappa shape index (κ3) is 2.71. The van der Waals surface area contributed by atoms with Gasteiger partial charge in [0.15, 0.2) is 0 Å². The molecule has 3 nitrogen and oxygen atoms in total. The molecule has 17 heavy (non-hydrogen) atoms. The van der Waals surface area contributed by atoms with E-state index < -0.39 is 0 Å². The van der Waals surface area contributed by atoms with Crippen LogP contribution in [-0.4, -0.2) is 25.1 Å². The maximum absolute atomic E-state index is 4.20. The molecule has 0 atom stereocenters. The minimum Gasteiger partial charge on any atom is -0.379 e. The van der Waals surface area contributed by atoms with Crippen molar-refractivity contribution < 1.29 is 0 Å². The van der Waals surface area contributed by atoms with E-state index in [0.29, 0.717) is 6.04 Å². The SMILES string of the molecule is CC(C)C1CC(Nc2cnccc2N(C)C)C1. The van der Waals surface area contributed by atoms with Crippen LogP contribution < -0.4 is 10.2 Å². The molecule has 0 bridgehead atoms. The van der Waals surface area contributed by atoms with Gasteiger partial charge >= 0.3 is 0 Å². The minimum absolute atomic E-state index is 0.630. The molecule has 0 aromatic carbocycles. The lowest BCUT2D eigenvalue weighted by molar-refractivity contribution is 0.212. The number of aromatic nitrogens is 1. The zero-order chi connectivity index (χ0) is 12.4. The van der Waals surface area contributed by atoms with Crippen molar-refractivity contribution in [2.24, 2.45) is 11.8 Å². The van der Waals surface area contributed by atoms with Gasteiger partial charge in [-0.15, -0.1) is 0 Å². The molecule has 94 valence electrons. The summed E-state index contributed by atoms with van der Waals surface area (Å²) < 4.78 is 0. The zero-order valence-corrected chi connectivity index (χ0v) is 11.3. The molecule has 0 amide bonds. The predicted molar refractivity (Wildman–Crippen MR) is 73.5 cm³/mol. The van der Waals surface area contributed by atoms with Crippen LogP contribution in [0.3, 0.4) is 0 Å². The molecule has 2 rings (SSSR count). The second-order valence-corrected chi connectivity index (χ2v) is 5.60. The Labute approximate surface area is 104 Å². The molecule has 0 aliphatic heterocycles. The fourth-order valence-corrected chi connectivity index (χ4v) is 2.43. The first kappa shape index (κ1) is 12.2. The minimum atomic E-state index is 0.630. The van der Waals surface area contributed by atoms with Gasteiger partial charge in [-0.1, -0.05) is 13.8 Å². The van der Waals surface area contributed by atoms with Crippen LogP contribution in [0, 0.1) is 11.8 Å². The van der Waals surface area contributed by atoms with E-state index in [2.05, 4.69) is 49.2 Å². The number of pyridine rings is 1. The largest absolute Gasteiger partial charge is 0.379 e. The monoisotopic (exact) mass is 233 g/mol. The van der Waals surface area contributed by atoms with Crippen molar-refractivity contribution in [1.29, 1.82) is 0 Å². The van der Waals surface area contributed by atoms with Gasteiger partial charge in [-0.05, 0) is 30.7 Å². The van der Waals surface area contributed by atoms with Crippen molar-refractivity contribution in [3.05, 3.63) is 18.5 Å². The van der Waals surface area contributed by atoms with Crippen LogP contribution in [-0.2, 0) is 0 Å². The molecular formula is C14H23N3. The van der Waals surface area contributed by atoms with Crippen LogP contribution in [0.4, 0.5) is 11.4 Å². The van der Waals surface area contributed by atoms with Crippen molar-refractivity contribution in [3.8, 4) is 0 Å². The maximum atomic E-state index is 4.20. The van der Waals surface area contributed by atoms with Gasteiger partial charge in [0.1, 0.15) is 0 Å². The molecule has 0 saturated heterocycles. The maximum Gasteiger partial charge on any atom is 0.0766 e. The zero-order valence-electron chi connectivity index (χ0n) is 11.3. The van der Waals surface area contributed by atoms with Crippen LogP contribution in [0.1, 0.15) is 26.7 Å². The Hall–Kier alpha value is -1.25. The first-order chi connectivity index (χ1) is 8.08. The molecule has 3 heteroatoms. The average Bonchev–Trinajstić information content (AvgIpc) is 2.22. The van der Waals surface area contributed by atoms with Gasteiger partial charge in [0.05, 0.1) is 17.6 Å². The van der Waals surface area contributed by atoms with Crippen LogP contribution in [0.5, 0.6) is 0 Å². The molecule has 1 aliphatic carbocycles. The summed E-state index contributed by atoms with van der Waals surface area (Å²) in [5.74, 6) is 1.71. The number of anilines is 2. The van der Waals surface area contributed by atoms with Crippen LogP contribution in [0.25, 0.3) is 0 Å². The highest BCUT2D eigenvalue weighted by Gasteiger charge is 2.31. The van der Waals surface area contributed by atoms with Crippen molar-refractivity contribution in [2.75, 3.05) is 24.3 Å². The van der Waals surface area contributed by atoms with E-state index in [1.807, 2.05) is 12.4 Å². The summed E-state index contributed by atoms with van der Waals surface area (Å²) >= 11 is 0. The Morgan fingerprint density at radius 3 is 2.65 bits per heavy atom. The van der Waals surface area contributed by atoms with E-state index in [1.54, 1.807) is 0 Å². The van der Waals surface area contributed by atoms with Crippen LogP contribution in [0.15, 0.2) is 18.5 Å². The molecule has 1 N–H and O–H groups in total. The summed E-state index contributed by atoms with van der Waals surface area (Å²) in [6, 6.07) is 2.69. The van der Waals surface area contributed by atoms with Gasteiger partial charge in [-0.25, -0.2) is 0 Å². The van der Waals surface area contributed by atoms with Gasteiger partial charge in [-0.2, -0.15) is 0 Å². The summed E-state index contributed by atoms with van der Waals surface area (Å²) in [6.07, 6.45) is 6.36. The first-order valence-corrected chi connectivity index (χ1v) is 6.45. The van der Waals surface area contributed by atoms with E-state index in [1.165, 1.54) is 18.5 Å². The Morgan fingerprint density at radius 1 is 1.35 bits per heavy atom. The number of nitrogens with zero attached hydrogens (tertiary/aromatic N) is 2. The molecule has 0 unspecified atom stereocenters. The molecular weight excluding hydrogens is 210 g/mol. The summed E-state index contributed by atoms with van der Waals surface area (Å²) in [7, 11) is 4.14. The highest BCUT2D eigenvalue weighted by molar-refractivity contribution is 5.68. The van der Waals surface area contributed by atoms with Crippen molar-refractivity contribution in [2.45, 2.75) is 32.7 Å². The van der Waals surface area contributed by atoms with E-state index >= 15 is 0 Å². The molecule has 1 aromatic heterocycles. The van der Waals surface area contributed by atoms with Crippen LogP contribution in [0.2, 0.25) is 0 Å². The highest BCUT2D eigenvalue weighted by Crippen LogP contribution is 2.36. The van der Waals surface area contributed by atoms with Gasteiger partial charge in [0.25, 0.3) is 0 Å². The lowest BCUT2D eigenvalue weighted by Gasteiger charge is -2.39. The fourth-order valence-electron chi connectivity index (χ4n) is 2.43. The number of hydrogen-bond acceptors (Lipinski definition) is 3. The Kier molecular flexibility index (Phi) is 3.55. The third-order valence-electron chi connectivity index (χ3n) is 3.76. The average molecular weight is 233 g/mol. The molecule has 1 fully saturated rings. The van der Waals surface area contributed by atoms with E-state index in [4.69, 9.17) is 0 Å². The van der Waals surface area contributed by atoms with Crippen molar-refractivity contribution >= 4 is 11.4 Å². The number of nitrogens with one attached hydrogen (secondary N) is 1. The number of rotatable bonds is 4. The second kappa shape index (κ2) is 4.94. The molecule has 1 saturated carbocycles. The van der Waals surface area contributed by atoms with Gasteiger partial charge in [-0.3, -0.25) is 4.98 Å². The summed E-state index contributed by atoms with van der Waals surface area (Å²) in [6.45, 7) is 4.63. The first-order valence-electron chi connectivity index (χ1n) is 6.45. The van der Waals surface area contributed by atoms with Gasteiger partial charge < -0.3 is 10.2 Å². The summed E-state index contributed by atoms with van der Waals surface area (Å²) in [5, 5.41) is 3.61. The number of hydrogen-bond donors (Lipinski definition) is 1. The van der Waals surface area contributed by atoms with Gasteiger partial charge in [0, 0.05) is 26.3 Å². The smallest absolute Gasteiger partial charge is 0.0766 e. The summed E-state index contributed by atoms with van der Waals surface area (Å²) in [4.78, 5) is 6.33. The third-order valence-corrected chi connectivity index (χ3v) is 3.76. The lowest BCUT2D eigenvalue weighted by atomic mass is 9.73. The molecule has 1 heterocycles. The Morgan fingerprint density at radius 2 is 2.06 bits per heavy atom. The standard InChI is InChI=1S/C14H23N3/c1-10(2)11-7-12(8-11)16-13-9-15-6-5-14(13)17(3)4/h5-6,9-12,16H,7-8H2,1-4H3. The highest BCUT2D eigenvalue weighted by atomic mass is 15.1. The topological polar surface area (TPSA) is 28.2 Å². The van der Waals surface area contributed by atoms with E-state index in [-0.39, 0.29) is 0 Å². The molecule has 1 aliphatic rings. The van der Waals surface area contributed by atoms with Crippen LogP contribution >= 0.6 is 0 Å². The molecule has 0 spiro atoms. The van der Waals surface area contributed by atoms with E-state index in [9.17, 15) is 0 Å². The fraction of sp³-hybridized carbons (Fsp3) is 0.643. The molecule has 0 radical (unpaired) electrons. The van der Waals surface area contributed by atoms with Gasteiger partial charge in [0.2, 0.25) is 0 Å².